The molecule has 1 aliphatic heterocycles. The number of anilines is 1. The highest BCUT2D eigenvalue weighted by Crippen LogP contribution is 2.28. The van der Waals surface area contributed by atoms with Gasteiger partial charge in [0.25, 0.3) is 0 Å². The molecule has 1 fully saturated rings. The molecule has 3 heterocycles. The molecule has 1 saturated heterocycles. The van der Waals surface area contributed by atoms with Gasteiger partial charge in [-0.05, 0) is 29.8 Å². The Hall–Kier alpha value is -2.96. The minimum absolute atomic E-state index is 0.0140. The minimum atomic E-state index is -4.47. The van der Waals surface area contributed by atoms with Crippen molar-refractivity contribution >= 4 is 23.4 Å². The topological polar surface area (TPSA) is 85.2 Å². The summed E-state index contributed by atoms with van der Waals surface area (Å²) >= 11 is 0.900. The van der Waals surface area contributed by atoms with Crippen LogP contribution in [0, 0.1) is 0 Å². The number of pyridine rings is 1. The maximum Gasteiger partial charge on any atom is 0.406 e. The average molecular weight is 493 g/mol. The predicted molar refractivity (Wildman–Crippen MR) is 121 cm³/mol. The largest absolute Gasteiger partial charge is 0.406 e. The van der Waals surface area contributed by atoms with Gasteiger partial charge in [-0.3, -0.25) is 19.2 Å². The van der Waals surface area contributed by atoms with E-state index in [-0.39, 0.29) is 22.6 Å². The first kappa shape index (κ1) is 24.2. The summed E-state index contributed by atoms with van der Waals surface area (Å²) in [4.78, 5) is 18.6. The normalized spacial score (nSPS) is 14.8. The van der Waals surface area contributed by atoms with E-state index in [1.54, 1.807) is 12.1 Å². The third-order valence-corrected chi connectivity index (χ3v) is 6.04. The molecule has 0 bridgehead atoms. The van der Waals surface area contributed by atoms with Crippen molar-refractivity contribution in [3.8, 4) is 11.4 Å². The highest BCUT2D eigenvalue weighted by Gasteiger charge is 2.31. The van der Waals surface area contributed by atoms with Crippen molar-refractivity contribution in [3.05, 3.63) is 54.4 Å². The Kier molecular flexibility index (Phi) is 7.80. The molecule has 1 aromatic carbocycles. The van der Waals surface area contributed by atoms with Gasteiger partial charge in [0.05, 0.1) is 19.0 Å². The number of ether oxygens (including phenoxy) is 1. The third-order valence-electron chi connectivity index (χ3n) is 5.07. The van der Waals surface area contributed by atoms with Crippen LogP contribution in [0.4, 0.5) is 18.9 Å². The molecule has 3 aromatic rings. The van der Waals surface area contributed by atoms with E-state index in [0.717, 1.165) is 54.7 Å². The standard InChI is InChI=1S/C22H23F3N6O2S/c23-22(24,25)15-31-20(17-5-7-26-8-6-17)28-29-21(31)34-14-19(32)27-18-3-1-16(2-4-18)13-30-9-11-33-12-10-30/h1-8H,9-15H2,(H,27,32). The Morgan fingerprint density at radius 1 is 1.06 bits per heavy atom. The van der Waals surface area contributed by atoms with E-state index in [2.05, 4.69) is 25.4 Å². The molecule has 0 aliphatic carbocycles. The van der Waals surface area contributed by atoms with E-state index in [0.29, 0.717) is 11.3 Å². The van der Waals surface area contributed by atoms with Crippen LogP contribution >= 0.6 is 11.8 Å². The zero-order valence-electron chi connectivity index (χ0n) is 18.2. The van der Waals surface area contributed by atoms with Crippen LogP contribution < -0.4 is 5.32 Å². The Bertz CT molecular complexity index is 1090. The van der Waals surface area contributed by atoms with Gasteiger partial charge in [0, 0.05) is 43.3 Å². The first-order valence-corrected chi connectivity index (χ1v) is 11.6. The van der Waals surface area contributed by atoms with Crippen molar-refractivity contribution in [2.45, 2.75) is 24.4 Å². The molecule has 4 rings (SSSR count). The third kappa shape index (κ3) is 6.78. The Balaban J connectivity index is 1.36. The number of amides is 1. The average Bonchev–Trinajstić information content (AvgIpc) is 3.21. The van der Waals surface area contributed by atoms with Gasteiger partial charge in [-0.25, -0.2) is 0 Å². The lowest BCUT2D eigenvalue weighted by molar-refractivity contribution is -0.141. The number of alkyl halides is 3. The maximum absolute atomic E-state index is 13.2. The van der Waals surface area contributed by atoms with Crippen molar-refractivity contribution in [2.24, 2.45) is 0 Å². The number of hydrogen-bond acceptors (Lipinski definition) is 7. The number of rotatable bonds is 8. The molecule has 1 amide bonds. The SMILES string of the molecule is O=C(CSc1nnc(-c2ccncc2)n1CC(F)(F)F)Nc1ccc(CN2CCOCC2)cc1. The van der Waals surface area contributed by atoms with Crippen LogP contribution in [0.5, 0.6) is 0 Å². The second-order valence-corrected chi connectivity index (χ2v) is 8.61. The number of carbonyl (C=O) groups excluding carboxylic acids is 1. The number of thioether (sulfide) groups is 1. The fourth-order valence-corrected chi connectivity index (χ4v) is 4.21. The second kappa shape index (κ2) is 11.0. The Morgan fingerprint density at radius 2 is 1.76 bits per heavy atom. The van der Waals surface area contributed by atoms with E-state index in [1.807, 2.05) is 24.3 Å². The first-order valence-electron chi connectivity index (χ1n) is 10.6. The number of carbonyl (C=O) groups is 1. The molecule has 0 saturated carbocycles. The molecule has 0 unspecified atom stereocenters. The summed E-state index contributed by atoms with van der Waals surface area (Å²) < 4.78 is 45.8. The second-order valence-electron chi connectivity index (χ2n) is 7.67. The van der Waals surface area contributed by atoms with Gasteiger partial charge in [-0.1, -0.05) is 23.9 Å². The van der Waals surface area contributed by atoms with Gasteiger partial charge in [-0.15, -0.1) is 10.2 Å². The molecule has 1 N–H and O–H groups in total. The smallest absolute Gasteiger partial charge is 0.379 e. The number of aromatic nitrogens is 4. The molecule has 2 aromatic heterocycles. The summed E-state index contributed by atoms with van der Waals surface area (Å²) in [6, 6.07) is 10.6. The molecule has 0 radical (unpaired) electrons. The molecule has 34 heavy (non-hydrogen) atoms. The van der Waals surface area contributed by atoms with Gasteiger partial charge >= 0.3 is 6.18 Å². The van der Waals surface area contributed by atoms with E-state index in [9.17, 15) is 18.0 Å². The first-order chi connectivity index (χ1) is 16.4. The lowest BCUT2D eigenvalue weighted by atomic mass is 10.2. The number of nitrogens with one attached hydrogen (secondary N) is 1. The van der Waals surface area contributed by atoms with Crippen LogP contribution in [-0.4, -0.2) is 68.8 Å². The van der Waals surface area contributed by atoms with E-state index in [1.165, 1.54) is 12.4 Å². The van der Waals surface area contributed by atoms with Crippen LogP contribution in [0.2, 0.25) is 0 Å². The van der Waals surface area contributed by atoms with Gasteiger partial charge in [-0.2, -0.15) is 13.2 Å². The molecular weight excluding hydrogens is 469 g/mol. The van der Waals surface area contributed by atoms with E-state index in [4.69, 9.17) is 4.74 Å². The van der Waals surface area contributed by atoms with Gasteiger partial charge in [0.15, 0.2) is 11.0 Å². The predicted octanol–water partition coefficient (Wildman–Crippen LogP) is 3.47. The van der Waals surface area contributed by atoms with Crippen LogP contribution in [0.15, 0.2) is 53.9 Å². The summed E-state index contributed by atoms with van der Waals surface area (Å²) in [5.74, 6) is -0.390. The van der Waals surface area contributed by atoms with Crippen molar-refractivity contribution < 1.29 is 22.7 Å². The molecule has 8 nitrogen and oxygen atoms in total. The number of morpholine rings is 1. The minimum Gasteiger partial charge on any atom is -0.379 e. The van der Waals surface area contributed by atoms with Crippen molar-refractivity contribution in [1.82, 2.24) is 24.6 Å². The fraction of sp³-hybridized carbons (Fsp3) is 0.364. The Morgan fingerprint density at radius 3 is 2.44 bits per heavy atom. The van der Waals surface area contributed by atoms with Crippen LogP contribution in [0.1, 0.15) is 5.56 Å². The summed E-state index contributed by atoms with van der Waals surface area (Å²) in [6.07, 6.45) is -1.53. The summed E-state index contributed by atoms with van der Waals surface area (Å²) in [6.45, 7) is 2.78. The highest BCUT2D eigenvalue weighted by atomic mass is 32.2. The lowest BCUT2D eigenvalue weighted by Crippen LogP contribution is -2.35. The van der Waals surface area contributed by atoms with E-state index >= 15 is 0 Å². The number of hydrogen-bond donors (Lipinski definition) is 1. The van der Waals surface area contributed by atoms with E-state index < -0.39 is 12.7 Å². The lowest BCUT2D eigenvalue weighted by Gasteiger charge is -2.26. The van der Waals surface area contributed by atoms with Crippen molar-refractivity contribution in [1.29, 1.82) is 0 Å². The molecule has 0 atom stereocenters. The fourth-order valence-electron chi connectivity index (χ4n) is 3.47. The maximum atomic E-state index is 13.2. The number of halogens is 3. The highest BCUT2D eigenvalue weighted by molar-refractivity contribution is 7.99. The molecule has 12 heteroatoms. The van der Waals surface area contributed by atoms with Crippen LogP contribution in [0.25, 0.3) is 11.4 Å². The molecule has 180 valence electrons. The number of nitrogens with zero attached hydrogens (tertiary/aromatic N) is 5. The quantitative estimate of drug-likeness (QED) is 0.482. The zero-order chi connectivity index (χ0) is 24.0. The van der Waals surface area contributed by atoms with Crippen molar-refractivity contribution in [3.63, 3.8) is 0 Å². The Labute approximate surface area is 198 Å². The van der Waals surface area contributed by atoms with Crippen LogP contribution in [-0.2, 0) is 22.6 Å². The van der Waals surface area contributed by atoms with Crippen LogP contribution in [0.3, 0.4) is 0 Å². The van der Waals surface area contributed by atoms with Gasteiger partial charge < -0.3 is 10.1 Å². The summed E-state index contributed by atoms with van der Waals surface area (Å²) in [7, 11) is 0. The summed E-state index contributed by atoms with van der Waals surface area (Å²) in [5, 5.41) is 10.6. The summed E-state index contributed by atoms with van der Waals surface area (Å²) in [5.41, 5.74) is 2.20. The monoisotopic (exact) mass is 492 g/mol. The zero-order valence-corrected chi connectivity index (χ0v) is 19.0. The van der Waals surface area contributed by atoms with Crippen molar-refractivity contribution in [2.75, 3.05) is 37.4 Å². The molecule has 1 aliphatic rings. The van der Waals surface area contributed by atoms with Gasteiger partial charge in [0.1, 0.15) is 6.54 Å². The number of benzene rings is 1. The molecular formula is C22H23F3N6O2S. The molecule has 0 spiro atoms. The van der Waals surface area contributed by atoms with Gasteiger partial charge in [0.2, 0.25) is 5.91 Å².